The highest BCUT2D eigenvalue weighted by Gasteiger charge is 2.42. The summed E-state index contributed by atoms with van der Waals surface area (Å²) >= 11 is 0. The summed E-state index contributed by atoms with van der Waals surface area (Å²) in [5.74, 6) is -0.406. The maximum absolute atomic E-state index is 12.6. The fourth-order valence-electron chi connectivity index (χ4n) is 3.93. The molecular weight excluding hydrogens is 358 g/mol. The van der Waals surface area contributed by atoms with Gasteiger partial charge in [-0.05, 0) is 51.3 Å². The predicted octanol–water partition coefficient (Wildman–Crippen LogP) is 3.12. The molecule has 7 nitrogen and oxygen atoms in total. The van der Waals surface area contributed by atoms with Gasteiger partial charge in [0, 0.05) is 17.7 Å². The molecule has 3 amide bonds. The average Bonchev–Trinajstić information content (AvgIpc) is 3.01. The van der Waals surface area contributed by atoms with E-state index in [4.69, 9.17) is 4.52 Å². The van der Waals surface area contributed by atoms with E-state index in [1.54, 1.807) is 19.1 Å². The number of imide groups is 1. The molecule has 2 atom stereocenters. The van der Waals surface area contributed by atoms with Crippen molar-refractivity contribution in [1.82, 2.24) is 10.5 Å². The zero-order valence-corrected chi connectivity index (χ0v) is 16.6. The van der Waals surface area contributed by atoms with Gasteiger partial charge in [0.05, 0.1) is 17.0 Å². The Morgan fingerprint density at radius 3 is 2.50 bits per heavy atom. The molecule has 1 saturated heterocycles. The molecule has 0 radical (unpaired) electrons. The number of aryl methyl sites for hydroxylation is 2. The molecule has 7 heteroatoms. The highest BCUT2D eigenvalue weighted by molar-refractivity contribution is 6.03. The van der Waals surface area contributed by atoms with Crippen LogP contribution in [0.15, 0.2) is 28.8 Å². The van der Waals surface area contributed by atoms with Crippen molar-refractivity contribution in [2.45, 2.75) is 58.3 Å². The Bertz CT molecular complexity index is 897. The van der Waals surface area contributed by atoms with Gasteiger partial charge >= 0.3 is 0 Å². The minimum Gasteiger partial charge on any atom is -0.361 e. The van der Waals surface area contributed by atoms with Gasteiger partial charge in [-0.2, -0.15) is 0 Å². The SMILES string of the molecule is CCC1(c2ccc(NC(=O)C(C)c3c(C)noc3C)cc2)CCC(=O)NC1=O. The zero-order valence-electron chi connectivity index (χ0n) is 16.6. The number of piperidine rings is 1. The Hall–Kier alpha value is -2.96. The van der Waals surface area contributed by atoms with E-state index in [2.05, 4.69) is 15.8 Å². The molecule has 1 fully saturated rings. The minimum atomic E-state index is -0.708. The summed E-state index contributed by atoms with van der Waals surface area (Å²) in [6.45, 7) is 7.36. The molecule has 28 heavy (non-hydrogen) atoms. The van der Waals surface area contributed by atoms with Gasteiger partial charge in [0.1, 0.15) is 5.76 Å². The van der Waals surface area contributed by atoms with Crippen molar-refractivity contribution >= 4 is 23.4 Å². The molecule has 0 bridgehead atoms. The fourth-order valence-corrected chi connectivity index (χ4v) is 3.93. The van der Waals surface area contributed by atoms with Gasteiger partial charge in [0.25, 0.3) is 0 Å². The molecule has 0 spiro atoms. The van der Waals surface area contributed by atoms with Crippen LogP contribution in [0.4, 0.5) is 5.69 Å². The third kappa shape index (κ3) is 3.44. The standard InChI is InChI=1S/C21H25N3O4/c1-5-21(11-10-17(25)23-20(21)27)15-6-8-16(9-7-15)22-19(26)12(2)18-13(3)24-28-14(18)4/h6-9,12H,5,10-11H2,1-4H3,(H,22,26)(H,23,25,27). The van der Waals surface area contributed by atoms with Crippen LogP contribution in [0, 0.1) is 13.8 Å². The van der Waals surface area contributed by atoms with Crippen molar-refractivity contribution in [3.05, 3.63) is 46.8 Å². The van der Waals surface area contributed by atoms with Gasteiger partial charge < -0.3 is 9.84 Å². The number of benzene rings is 1. The predicted molar refractivity (Wildman–Crippen MR) is 104 cm³/mol. The monoisotopic (exact) mass is 383 g/mol. The van der Waals surface area contributed by atoms with Crippen molar-refractivity contribution in [2.75, 3.05) is 5.32 Å². The van der Waals surface area contributed by atoms with Crippen LogP contribution in [-0.4, -0.2) is 22.9 Å². The van der Waals surface area contributed by atoms with E-state index < -0.39 is 11.3 Å². The van der Waals surface area contributed by atoms with Crippen LogP contribution in [0.1, 0.15) is 61.6 Å². The van der Waals surface area contributed by atoms with Crippen molar-refractivity contribution in [3.8, 4) is 0 Å². The summed E-state index contributed by atoms with van der Waals surface area (Å²) in [5.41, 5.74) is 2.28. The number of anilines is 1. The van der Waals surface area contributed by atoms with Crippen molar-refractivity contribution in [1.29, 1.82) is 0 Å². The highest BCUT2D eigenvalue weighted by Crippen LogP contribution is 2.36. The van der Waals surface area contributed by atoms with Gasteiger partial charge in [0.15, 0.2) is 0 Å². The normalized spacial score (nSPS) is 20.6. The van der Waals surface area contributed by atoms with Gasteiger partial charge in [-0.25, -0.2) is 0 Å². The van der Waals surface area contributed by atoms with Crippen LogP contribution in [-0.2, 0) is 19.8 Å². The molecule has 1 aliphatic heterocycles. The molecule has 0 aliphatic carbocycles. The molecule has 1 aliphatic rings. The van der Waals surface area contributed by atoms with E-state index in [1.165, 1.54) is 0 Å². The topological polar surface area (TPSA) is 101 Å². The Morgan fingerprint density at radius 1 is 1.29 bits per heavy atom. The van der Waals surface area contributed by atoms with E-state index in [1.807, 2.05) is 32.9 Å². The smallest absolute Gasteiger partial charge is 0.237 e. The first-order valence-electron chi connectivity index (χ1n) is 9.47. The molecule has 2 unspecified atom stereocenters. The zero-order chi connectivity index (χ0) is 20.5. The number of nitrogens with zero attached hydrogens (tertiary/aromatic N) is 1. The van der Waals surface area contributed by atoms with Crippen molar-refractivity contribution < 1.29 is 18.9 Å². The molecule has 148 valence electrons. The fraction of sp³-hybridized carbons (Fsp3) is 0.429. The number of carbonyl (C=O) groups is 3. The van der Waals surface area contributed by atoms with E-state index in [9.17, 15) is 14.4 Å². The molecule has 2 aromatic rings. The summed E-state index contributed by atoms with van der Waals surface area (Å²) in [4.78, 5) is 36.6. The first kappa shape index (κ1) is 19.8. The molecule has 0 saturated carbocycles. The van der Waals surface area contributed by atoms with E-state index in [-0.39, 0.29) is 17.7 Å². The van der Waals surface area contributed by atoms with E-state index in [0.29, 0.717) is 36.4 Å². The number of amides is 3. The first-order valence-corrected chi connectivity index (χ1v) is 9.47. The first-order chi connectivity index (χ1) is 13.3. The Morgan fingerprint density at radius 2 is 1.96 bits per heavy atom. The lowest BCUT2D eigenvalue weighted by Crippen LogP contribution is -2.51. The molecule has 1 aromatic heterocycles. The average molecular weight is 383 g/mol. The van der Waals surface area contributed by atoms with Crippen LogP contribution < -0.4 is 10.6 Å². The maximum atomic E-state index is 12.6. The van der Waals surface area contributed by atoms with Gasteiger partial charge in [-0.1, -0.05) is 24.2 Å². The summed E-state index contributed by atoms with van der Waals surface area (Å²) in [7, 11) is 0. The number of rotatable bonds is 5. The van der Waals surface area contributed by atoms with Crippen LogP contribution in [0.5, 0.6) is 0 Å². The Kier molecular flexibility index (Phi) is 5.36. The van der Waals surface area contributed by atoms with Crippen LogP contribution in [0.3, 0.4) is 0 Å². The third-order valence-electron chi connectivity index (χ3n) is 5.69. The second-order valence-electron chi connectivity index (χ2n) is 7.34. The number of nitrogens with one attached hydrogen (secondary N) is 2. The largest absolute Gasteiger partial charge is 0.361 e. The molecule has 1 aromatic carbocycles. The minimum absolute atomic E-state index is 0.159. The number of carbonyl (C=O) groups excluding carboxylic acids is 3. The number of aromatic nitrogens is 1. The lowest BCUT2D eigenvalue weighted by Gasteiger charge is -2.35. The van der Waals surface area contributed by atoms with Gasteiger partial charge in [0.2, 0.25) is 17.7 Å². The lowest BCUT2D eigenvalue weighted by atomic mass is 9.72. The Labute approximate surface area is 163 Å². The summed E-state index contributed by atoms with van der Waals surface area (Å²) in [6, 6.07) is 7.26. The molecule has 3 rings (SSSR count). The molecule has 2 heterocycles. The lowest BCUT2D eigenvalue weighted by molar-refractivity contribution is -0.138. The van der Waals surface area contributed by atoms with E-state index in [0.717, 1.165) is 11.1 Å². The van der Waals surface area contributed by atoms with Crippen LogP contribution in [0.25, 0.3) is 0 Å². The van der Waals surface area contributed by atoms with Crippen molar-refractivity contribution in [3.63, 3.8) is 0 Å². The summed E-state index contributed by atoms with van der Waals surface area (Å²) in [5, 5.41) is 9.25. The second kappa shape index (κ2) is 7.58. The van der Waals surface area contributed by atoms with Crippen LogP contribution in [0.2, 0.25) is 0 Å². The van der Waals surface area contributed by atoms with E-state index >= 15 is 0 Å². The second-order valence-corrected chi connectivity index (χ2v) is 7.34. The maximum Gasteiger partial charge on any atom is 0.237 e. The summed E-state index contributed by atoms with van der Waals surface area (Å²) < 4.78 is 5.15. The molecular formula is C21H25N3O4. The van der Waals surface area contributed by atoms with Gasteiger partial charge in [-0.15, -0.1) is 0 Å². The Balaban J connectivity index is 1.76. The molecule has 2 N–H and O–H groups in total. The van der Waals surface area contributed by atoms with Crippen LogP contribution >= 0.6 is 0 Å². The summed E-state index contributed by atoms with van der Waals surface area (Å²) in [6.07, 6.45) is 1.41. The van der Waals surface area contributed by atoms with Gasteiger partial charge in [-0.3, -0.25) is 19.7 Å². The number of hydrogen-bond acceptors (Lipinski definition) is 5. The quantitative estimate of drug-likeness (QED) is 0.773. The number of hydrogen-bond donors (Lipinski definition) is 2. The van der Waals surface area contributed by atoms with Crippen molar-refractivity contribution in [2.24, 2.45) is 0 Å². The third-order valence-corrected chi connectivity index (χ3v) is 5.69. The highest BCUT2D eigenvalue weighted by atomic mass is 16.5.